The SMILES string of the molecule is Cc1cc(-c2ccccc2)nc(SCC(=O)NCCNc2ccc([N+](=O)[O-])cc2Cl)n1. The Balaban J connectivity index is 1.46. The lowest BCUT2D eigenvalue weighted by atomic mass is 10.1. The number of thioether (sulfide) groups is 1. The summed E-state index contributed by atoms with van der Waals surface area (Å²) in [5, 5.41) is 17.4. The summed E-state index contributed by atoms with van der Waals surface area (Å²) in [6, 6.07) is 15.9. The largest absolute Gasteiger partial charge is 0.382 e. The van der Waals surface area contributed by atoms with E-state index < -0.39 is 4.92 Å². The molecule has 0 aliphatic heterocycles. The van der Waals surface area contributed by atoms with Crippen molar-refractivity contribution >= 4 is 40.6 Å². The molecule has 31 heavy (non-hydrogen) atoms. The van der Waals surface area contributed by atoms with Gasteiger partial charge in [-0.05, 0) is 19.1 Å². The number of benzene rings is 2. The van der Waals surface area contributed by atoms with Crippen molar-refractivity contribution in [2.75, 3.05) is 24.2 Å². The number of halogens is 1. The van der Waals surface area contributed by atoms with E-state index in [9.17, 15) is 14.9 Å². The molecule has 1 aromatic heterocycles. The molecule has 3 aromatic rings. The van der Waals surface area contributed by atoms with Crippen LogP contribution in [0.25, 0.3) is 11.3 Å². The molecule has 0 atom stereocenters. The van der Waals surface area contributed by atoms with Crippen LogP contribution in [0.4, 0.5) is 11.4 Å². The van der Waals surface area contributed by atoms with E-state index in [-0.39, 0.29) is 22.4 Å². The zero-order valence-electron chi connectivity index (χ0n) is 16.7. The minimum atomic E-state index is -0.506. The van der Waals surface area contributed by atoms with Gasteiger partial charge in [-0.25, -0.2) is 9.97 Å². The third-order valence-corrected chi connectivity index (χ3v) is 5.32. The number of aryl methyl sites for hydroxylation is 1. The fraction of sp³-hybridized carbons (Fsp3) is 0.190. The van der Waals surface area contributed by atoms with Crippen LogP contribution in [-0.2, 0) is 4.79 Å². The highest BCUT2D eigenvalue weighted by Crippen LogP contribution is 2.26. The van der Waals surface area contributed by atoms with Gasteiger partial charge in [-0.3, -0.25) is 14.9 Å². The Morgan fingerprint density at radius 1 is 1.13 bits per heavy atom. The maximum absolute atomic E-state index is 12.1. The number of hydrogen-bond donors (Lipinski definition) is 2. The van der Waals surface area contributed by atoms with Crippen molar-refractivity contribution in [3.8, 4) is 11.3 Å². The van der Waals surface area contributed by atoms with Crippen LogP contribution in [0.2, 0.25) is 5.02 Å². The molecule has 10 heteroatoms. The van der Waals surface area contributed by atoms with E-state index in [0.717, 1.165) is 17.0 Å². The van der Waals surface area contributed by atoms with E-state index in [1.54, 1.807) is 0 Å². The number of non-ortho nitro benzene ring substituents is 1. The van der Waals surface area contributed by atoms with E-state index in [0.29, 0.717) is 23.9 Å². The smallest absolute Gasteiger partial charge is 0.271 e. The number of carbonyl (C=O) groups is 1. The van der Waals surface area contributed by atoms with E-state index >= 15 is 0 Å². The first-order valence-corrected chi connectivity index (χ1v) is 10.8. The zero-order valence-corrected chi connectivity index (χ0v) is 18.2. The van der Waals surface area contributed by atoms with Crippen molar-refractivity contribution in [3.05, 3.63) is 75.4 Å². The van der Waals surface area contributed by atoms with Crippen LogP contribution in [0.5, 0.6) is 0 Å². The van der Waals surface area contributed by atoms with Gasteiger partial charge < -0.3 is 10.6 Å². The van der Waals surface area contributed by atoms with Crippen LogP contribution < -0.4 is 10.6 Å². The van der Waals surface area contributed by atoms with Gasteiger partial charge in [-0.15, -0.1) is 0 Å². The molecule has 0 fully saturated rings. The number of anilines is 1. The Morgan fingerprint density at radius 3 is 2.61 bits per heavy atom. The van der Waals surface area contributed by atoms with Crippen LogP contribution in [-0.4, -0.2) is 39.6 Å². The summed E-state index contributed by atoms with van der Waals surface area (Å²) in [4.78, 5) is 31.3. The summed E-state index contributed by atoms with van der Waals surface area (Å²) >= 11 is 7.30. The molecule has 1 amide bonds. The maximum atomic E-state index is 12.1. The van der Waals surface area contributed by atoms with Crippen LogP contribution in [0.15, 0.2) is 59.8 Å². The number of nitrogens with one attached hydrogen (secondary N) is 2. The summed E-state index contributed by atoms with van der Waals surface area (Å²) in [5.74, 6) is 0.0450. The van der Waals surface area contributed by atoms with Gasteiger partial charge >= 0.3 is 0 Å². The van der Waals surface area contributed by atoms with Crippen LogP contribution in [0.3, 0.4) is 0 Å². The van der Waals surface area contributed by atoms with Gasteiger partial charge in [0.25, 0.3) is 5.69 Å². The highest BCUT2D eigenvalue weighted by atomic mass is 35.5. The Morgan fingerprint density at radius 2 is 1.90 bits per heavy atom. The number of nitro groups is 1. The van der Waals surface area contributed by atoms with E-state index in [2.05, 4.69) is 20.6 Å². The fourth-order valence-electron chi connectivity index (χ4n) is 2.70. The quantitative estimate of drug-likeness (QED) is 0.162. The number of hydrogen-bond acceptors (Lipinski definition) is 7. The number of amides is 1. The second kappa shape index (κ2) is 10.7. The molecule has 8 nitrogen and oxygen atoms in total. The number of carbonyl (C=O) groups excluding carboxylic acids is 1. The molecule has 0 spiro atoms. The molecule has 0 radical (unpaired) electrons. The summed E-state index contributed by atoms with van der Waals surface area (Å²) in [6.07, 6.45) is 0. The standard InChI is InChI=1S/C21H20ClN5O3S/c1-14-11-19(15-5-3-2-4-6-15)26-21(25-14)31-13-20(28)24-10-9-23-18-8-7-16(27(29)30)12-17(18)22/h2-8,11-12,23H,9-10,13H2,1H3,(H,24,28). The van der Waals surface area contributed by atoms with Crippen LogP contribution in [0.1, 0.15) is 5.69 Å². The Kier molecular flexibility index (Phi) is 7.80. The lowest BCUT2D eigenvalue weighted by Crippen LogP contribution is -2.30. The normalized spacial score (nSPS) is 10.5. The fourth-order valence-corrected chi connectivity index (χ4v) is 3.68. The third kappa shape index (κ3) is 6.66. The van der Waals surface area contributed by atoms with E-state index in [4.69, 9.17) is 11.6 Å². The number of rotatable bonds is 9. The maximum Gasteiger partial charge on any atom is 0.271 e. The first kappa shape index (κ1) is 22.5. The molecule has 160 valence electrons. The molecule has 1 heterocycles. The highest BCUT2D eigenvalue weighted by molar-refractivity contribution is 7.99. The second-order valence-corrected chi connectivity index (χ2v) is 7.88. The topological polar surface area (TPSA) is 110 Å². The predicted octanol–water partition coefficient (Wildman–Crippen LogP) is 4.33. The van der Waals surface area contributed by atoms with Gasteiger partial charge in [0.1, 0.15) is 0 Å². The zero-order chi connectivity index (χ0) is 22.2. The molecule has 0 aliphatic rings. The molecule has 2 N–H and O–H groups in total. The Hall–Kier alpha value is -3.17. The van der Waals surface area contributed by atoms with Crippen molar-refractivity contribution < 1.29 is 9.72 Å². The van der Waals surface area contributed by atoms with Crippen molar-refractivity contribution in [3.63, 3.8) is 0 Å². The molecule has 0 saturated carbocycles. The van der Waals surface area contributed by atoms with Crippen molar-refractivity contribution in [1.29, 1.82) is 0 Å². The van der Waals surface area contributed by atoms with Crippen molar-refractivity contribution in [2.24, 2.45) is 0 Å². The summed E-state index contributed by atoms with van der Waals surface area (Å²) < 4.78 is 0. The van der Waals surface area contributed by atoms with Crippen molar-refractivity contribution in [1.82, 2.24) is 15.3 Å². The number of aromatic nitrogens is 2. The molecule has 0 unspecified atom stereocenters. The average molecular weight is 458 g/mol. The second-order valence-electron chi connectivity index (χ2n) is 6.53. The van der Waals surface area contributed by atoms with Gasteiger partial charge in [0.2, 0.25) is 5.91 Å². The monoisotopic (exact) mass is 457 g/mol. The predicted molar refractivity (Wildman–Crippen MR) is 123 cm³/mol. The lowest BCUT2D eigenvalue weighted by molar-refractivity contribution is -0.384. The summed E-state index contributed by atoms with van der Waals surface area (Å²) in [5.41, 5.74) is 3.14. The van der Waals surface area contributed by atoms with Gasteiger partial charge in [0.15, 0.2) is 5.16 Å². The average Bonchev–Trinajstić information content (AvgIpc) is 2.76. The van der Waals surface area contributed by atoms with Crippen LogP contribution >= 0.6 is 23.4 Å². The van der Waals surface area contributed by atoms with E-state index in [1.165, 1.54) is 30.0 Å². The molecule has 0 saturated heterocycles. The molecule has 3 rings (SSSR count). The molecule has 0 aliphatic carbocycles. The molecular weight excluding hydrogens is 438 g/mol. The minimum Gasteiger partial charge on any atom is -0.382 e. The third-order valence-electron chi connectivity index (χ3n) is 4.16. The van der Waals surface area contributed by atoms with Gasteiger partial charge in [-0.1, -0.05) is 53.7 Å². The molecule has 0 bridgehead atoms. The first-order valence-electron chi connectivity index (χ1n) is 9.41. The van der Waals surface area contributed by atoms with E-state index in [1.807, 2.05) is 43.3 Å². The van der Waals surface area contributed by atoms with Gasteiger partial charge in [0, 0.05) is 36.5 Å². The molecule has 2 aromatic carbocycles. The summed E-state index contributed by atoms with van der Waals surface area (Å²) in [7, 11) is 0. The number of nitro benzene ring substituents is 1. The van der Waals surface area contributed by atoms with Gasteiger partial charge in [-0.2, -0.15) is 0 Å². The van der Waals surface area contributed by atoms with Gasteiger partial charge in [0.05, 0.1) is 27.1 Å². The first-order chi connectivity index (χ1) is 14.9. The minimum absolute atomic E-state index is 0.0744. The highest BCUT2D eigenvalue weighted by Gasteiger charge is 2.10. The van der Waals surface area contributed by atoms with Crippen molar-refractivity contribution in [2.45, 2.75) is 12.1 Å². The Bertz CT molecular complexity index is 1080. The Labute approximate surface area is 188 Å². The van der Waals surface area contributed by atoms with Crippen LogP contribution in [0, 0.1) is 17.0 Å². The lowest BCUT2D eigenvalue weighted by Gasteiger charge is -2.09. The number of nitrogens with zero attached hydrogens (tertiary/aromatic N) is 3. The summed E-state index contributed by atoms with van der Waals surface area (Å²) in [6.45, 7) is 2.69. The molecular formula is C21H20ClN5O3S.